The fraction of sp³-hybridized carbons (Fsp3) is 0.188. The molecule has 0 fully saturated rings. The number of rotatable bonds is 7. The van der Waals surface area contributed by atoms with Gasteiger partial charge in [-0.1, -0.05) is 16.8 Å². The molecule has 7 nitrogen and oxygen atoms in total. The van der Waals surface area contributed by atoms with Gasteiger partial charge in [-0.25, -0.2) is 13.9 Å². The molecule has 0 amide bonds. The second kappa shape index (κ2) is 8.29. The molecule has 1 aromatic heterocycles. The third-order valence-electron chi connectivity index (χ3n) is 3.10. The van der Waals surface area contributed by atoms with Crippen molar-refractivity contribution in [1.29, 1.82) is 0 Å². The van der Waals surface area contributed by atoms with Gasteiger partial charge in [0.1, 0.15) is 25.2 Å². The third-order valence-corrected chi connectivity index (χ3v) is 3.34. The number of halogens is 2. The van der Waals surface area contributed by atoms with Gasteiger partial charge in [0.15, 0.2) is 5.71 Å². The first-order chi connectivity index (χ1) is 11.9. The predicted molar refractivity (Wildman–Crippen MR) is 89.9 cm³/mol. The summed E-state index contributed by atoms with van der Waals surface area (Å²) in [5.41, 5.74) is 0.378. The van der Waals surface area contributed by atoms with E-state index in [0.717, 1.165) is 0 Å². The zero-order valence-corrected chi connectivity index (χ0v) is 14.2. The molecule has 25 heavy (non-hydrogen) atoms. The number of aliphatic carboxylic acids is 1. The van der Waals surface area contributed by atoms with E-state index in [1.165, 1.54) is 36.2 Å². The fourth-order valence-corrected chi connectivity index (χ4v) is 2.06. The van der Waals surface area contributed by atoms with Crippen LogP contribution < -0.4 is 4.74 Å². The van der Waals surface area contributed by atoms with Gasteiger partial charge in [0, 0.05) is 17.3 Å². The van der Waals surface area contributed by atoms with E-state index < -0.39 is 11.8 Å². The summed E-state index contributed by atoms with van der Waals surface area (Å²) in [7, 11) is 1.26. The summed E-state index contributed by atoms with van der Waals surface area (Å²) in [5, 5.41) is 16.8. The van der Waals surface area contributed by atoms with Crippen molar-refractivity contribution in [3.63, 3.8) is 0 Å². The van der Waals surface area contributed by atoms with E-state index in [2.05, 4.69) is 15.1 Å². The van der Waals surface area contributed by atoms with Crippen molar-refractivity contribution >= 4 is 23.3 Å². The number of benzene rings is 1. The van der Waals surface area contributed by atoms with E-state index >= 15 is 0 Å². The van der Waals surface area contributed by atoms with Crippen LogP contribution in [0.3, 0.4) is 0 Å². The highest BCUT2D eigenvalue weighted by Gasteiger charge is 2.13. The number of carboxylic acids is 1. The van der Waals surface area contributed by atoms with E-state index in [-0.39, 0.29) is 28.9 Å². The van der Waals surface area contributed by atoms with Gasteiger partial charge in [-0.05, 0) is 36.8 Å². The van der Waals surface area contributed by atoms with Gasteiger partial charge in [-0.2, -0.15) is 0 Å². The summed E-state index contributed by atoms with van der Waals surface area (Å²) in [6.45, 7) is 1.62. The van der Waals surface area contributed by atoms with E-state index in [4.69, 9.17) is 21.4 Å². The van der Waals surface area contributed by atoms with Crippen LogP contribution in [0.4, 0.5) is 4.39 Å². The van der Waals surface area contributed by atoms with Crippen molar-refractivity contribution in [3.05, 3.63) is 53.0 Å². The Morgan fingerprint density at radius 2 is 2.24 bits per heavy atom. The van der Waals surface area contributed by atoms with Gasteiger partial charge in [0.05, 0.1) is 0 Å². The van der Waals surface area contributed by atoms with Crippen LogP contribution in [-0.2, 0) is 9.63 Å². The number of hydrogen-bond acceptors (Lipinski definition) is 5. The number of ether oxygens (including phenoxy) is 1. The molecule has 0 unspecified atom stereocenters. The van der Waals surface area contributed by atoms with Crippen LogP contribution >= 0.6 is 11.6 Å². The number of oxime groups is 1. The number of carboxylic acid groups (broad SMARTS) is 1. The van der Waals surface area contributed by atoms with Crippen LogP contribution in [0.5, 0.6) is 5.88 Å². The van der Waals surface area contributed by atoms with Crippen LogP contribution in [0.1, 0.15) is 6.92 Å². The topological polar surface area (TPSA) is 85.9 Å². The molecule has 0 saturated heterocycles. The lowest BCUT2D eigenvalue weighted by atomic mass is 10.2. The van der Waals surface area contributed by atoms with Crippen LogP contribution in [0.15, 0.2) is 47.3 Å². The Balaban J connectivity index is 2.05. The third kappa shape index (κ3) is 4.80. The lowest BCUT2D eigenvalue weighted by Gasteiger charge is -2.04. The van der Waals surface area contributed by atoms with Crippen molar-refractivity contribution < 1.29 is 23.9 Å². The zero-order chi connectivity index (χ0) is 18.4. The molecule has 1 aromatic carbocycles. The van der Waals surface area contributed by atoms with Gasteiger partial charge in [-0.15, -0.1) is 5.10 Å². The van der Waals surface area contributed by atoms with Gasteiger partial charge >= 0.3 is 5.97 Å². The number of nitrogens with zero attached hydrogens (tertiary/aromatic N) is 3. The van der Waals surface area contributed by atoms with Crippen molar-refractivity contribution in [3.8, 4) is 11.6 Å². The Morgan fingerprint density at radius 3 is 2.88 bits per heavy atom. The molecule has 1 heterocycles. The Bertz CT molecular complexity index is 833. The first-order valence-electron chi connectivity index (χ1n) is 7.08. The second-order valence-electron chi connectivity index (χ2n) is 4.82. The monoisotopic (exact) mass is 367 g/mol. The highest BCUT2D eigenvalue weighted by molar-refractivity contribution is 6.42. The molecule has 0 aliphatic carbocycles. The summed E-state index contributed by atoms with van der Waals surface area (Å²) in [6.07, 6.45) is 3.06. The van der Waals surface area contributed by atoms with Crippen molar-refractivity contribution in [2.24, 2.45) is 5.16 Å². The minimum absolute atomic E-state index is 0.0575. The molecule has 0 saturated carbocycles. The zero-order valence-electron chi connectivity index (χ0n) is 13.4. The normalized spacial score (nSPS) is 12.2. The Kier molecular flexibility index (Phi) is 6.13. The van der Waals surface area contributed by atoms with Crippen molar-refractivity contribution in [2.75, 3.05) is 13.7 Å². The summed E-state index contributed by atoms with van der Waals surface area (Å²) < 4.78 is 20.6. The molecule has 0 radical (unpaired) electrons. The van der Waals surface area contributed by atoms with Crippen LogP contribution in [0.2, 0.25) is 5.02 Å². The van der Waals surface area contributed by atoms with Crippen molar-refractivity contribution in [2.45, 2.75) is 6.92 Å². The highest BCUT2D eigenvalue weighted by Crippen LogP contribution is 2.19. The van der Waals surface area contributed by atoms with Crippen LogP contribution in [0, 0.1) is 5.82 Å². The van der Waals surface area contributed by atoms with Crippen LogP contribution in [0.25, 0.3) is 5.69 Å². The standard InChI is InChI=1S/C16H15ClFN3O4/c1-10(15(16(22)23)20-24-2)6-8-25-14-5-7-21(19-14)13-4-3-11(17)9-12(13)18/h3-7,9H,8H2,1-2H3,(H,22,23). The second-order valence-corrected chi connectivity index (χ2v) is 5.26. The molecule has 0 spiro atoms. The maximum atomic E-state index is 13.9. The SMILES string of the molecule is CON=C(C(=O)O)C(C)=CCOc1ccn(-c2ccc(Cl)cc2F)n1. The number of aromatic nitrogens is 2. The first kappa shape index (κ1) is 18.5. The lowest BCUT2D eigenvalue weighted by molar-refractivity contribution is -0.129. The Hall–Kier alpha value is -2.87. The number of carbonyl (C=O) groups is 1. The van der Waals surface area contributed by atoms with Gasteiger partial charge < -0.3 is 14.7 Å². The molecular weight excluding hydrogens is 353 g/mol. The van der Waals surface area contributed by atoms with E-state index in [1.54, 1.807) is 19.1 Å². The molecule has 0 bridgehead atoms. The average Bonchev–Trinajstić information content (AvgIpc) is 3.00. The molecule has 0 aliphatic heterocycles. The molecule has 1 N–H and O–H groups in total. The largest absolute Gasteiger partial charge is 0.476 e. The molecule has 0 atom stereocenters. The molecule has 2 rings (SSSR count). The summed E-state index contributed by atoms with van der Waals surface area (Å²) in [4.78, 5) is 15.5. The molecule has 9 heteroatoms. The first-order valence-corrected chi connectivity index (χ1v) is 7.45. The Labute approximate surface area is 147 Å². The lowest BCUT2D eigenvalue weighted by Crippen LogP contribution is -2.15. The minimum Gasteiger partial charge on any atom is -0.476 e. The average molecular weight is 368 g/mol. The van der Waals surface area contributed by atoms with E-state index in [1.807, 2.05) is 0 Å². The molecule has 132 valence electrons. The van der Waals surface area contributed by atoms with Gasteiger partial charge in [0.25, 0.3) is 0 Å². The molecule has 0 aliphatic rings. The van der Waals surface area contributed by atoms with Gasteiger partial charge in [-0.3, -0.25) is 0 Å². The maximum Gasteiger partial charge on any atom is 0.358 e. The predicted octanol–water partition coefficient (Wildman–Crippen LogP) is 3.08. The van der Waals surface area contributed by atoms with Crippen LogP contribution in [-0.4, -0.2) is 40.3 Å². The number of hydrogen-bond donors (Lipinski definition) is 1. The molecular formula is C16H15ClFN3O4. The molecule has 2 aromatic rings. The quantitative estimate of drug-likeness (QED) is 0.600. The summed E-state index contributed by atoms with van der Waals surface area (Å²) in [6, 6.07) is 5.79. The van der Waals surface area contributed by atoms with E-state index in [0.29, 0.717) is 5.57 Å². The smallest absolute Gasteiger partial charge is 0.358 e. The van der Waals surface area contributed by atoms with Gasteiger partial charge in [0.2, 0.25) is 5.88 Å². The minimum atomic E-state index is -1.21. The van der Waals surface area contributed by atoms with Crippen molar-refractivity contribution in [1.82, 2.24) is 9.78 Å². The fourth-order valence-electron chi connectivity index (χ4n) is 1.91. The Morgan fingerprint density at radius 1 is 1.48 bits per heavy atom. The summed E-state index contributed by atoms with van der Waals surface area (Å²) in [5.74, 6) is -1.48. The highest BCUT2D eigenvalue weighted by atomic mass is 35.5. The maximum absolute atomic E-state index is 13.9. The van der Waals surface area contributed by atoms with E-state index in [9.17, 15) is 9.18 Å². The summed E-state index contributed by atoms with van der Waals surface area (Å²) >= 11 is 5.72.